The number of likely N-dealkylation sites (tertiary alicyclic amines) is 1. The molecule has 24 heavy (non-hydrogen) atoms. The maximum absolute atomic E-state index is 12.9. The van der Waals surface area contributed by atoms with Gasteiger partial charge in [0.1, 0.15) is 18.2 Å². The van der Waals surface area contributed by atoms with Gasteiger partial charge in [0.2, 0.25) is 0 Å². The van der Waals surface area contributed by atoms with Crippen LogP contribution in [-0.2, 0) is 6.54 Å². The van der Waals surface area contributed by atoms with E-state index in [4.69, 9.17) is 4.74 Å². The quantitative estimate of drug-likeness (QED) is 0.884. The molecule has 0 bridgehead atoms. The topological polar surface area (TPSA) is 70.2 Å². The molecule has 3 rings (SSSR count). The largest absolute Gasteiger partial charge is 0.491 e. The van der Waals surface area contributed by atoms with E-state index in [9.17, 15) is 9.18 Å². The van der Waals surface area contributed by atoms with Crippen molar-refractivity contribution in [2.24, 2.45) is 0 Å². The van der Waals surface area contributed by atoms with Crippen molar-refractivity contribution in [1.29, 1.82) is 0 Å². The maximum Gasteiger partial charge on any atom is 0.318 e. The smallest absolute Gasteiger partial charge is 0.318 e. The Morgan fingerprint density at radius 1 is 1.46 bits per heavy atom. The van der Waals surface area contributed by atoms with Crippen LogP contribution in [0.25, 0.3) is 0 Å². The van der Waals surface area contributed by atoms with E-state index in [0.717, 1.165) is 24.2 Å². The third-order valence-corrected chi connectivity index (χ3v) is 4.07. The molecule has 0 saturated carbocycles. The van der Waals surface area contributed by atoms with Gasteiger partial charge in [0.05, 0.1) is 18.3 Å². The first kappa shape index (κ1) is 16.3. The van der Waals surface area contributed by atoms with Crippen LogP contribution in [0.3, 0.4) is 0 Å². The number of carbonyl (C=O) groups is 1. The molecule has 1 aromatic heterocycles. The molecule has 0 unspecified atom stereocenters. The molecule has 2 heterocycles. The van der Waals surface area contributed by atoms with E-state index in [1.165, 1.54) is 12.1 Å². The van der Waals surface area contributed by atoms with Gasteiger partial charge in [-0.1, -0.05) is 0 Å². The highest BCUT2D eigenvalue weighted by molar-refractivity contribution is 5.74. The zero-order valence-corrected chi connectivity index (χ0v) is 13.6. The van der Waals surface area contributed by atoms with Crippen LogP contribution in [0.2, 0.25) is 0 Å². The number of benzene rings is 1. The molecule has 0 aliphatic carbocycles. The van der Waals surface area contributed by atoms with Crippen LogP contribution in [0.1, 0.15) is 24.2 Å². The normalized spacial score (nSPS) is 17.1. The zero-order chi connectivity index (χ0) is 16.9. The number of carbonyl (C=O) groups excluding carboxylic acids is 1. The molecule has 6 nitrogen and oxygen atoms in total. The van der Waals surface area contributed by atoms with Gasteiger partial charge in [-0.05, 0) is 50.1 Å². The molecule has 1 atom stereocenters. The number of hydrogen-bond donors (Lipinski definition) is 2. The van der Waals surface area contributed by atoms with E-state index in [2.05, 4.69) is 15.5 Å². The van der Waals surface area contributed by atoms with Gasteiger partial charge in [-0.15, -0.1) is 0 Å². The number of nitrogens with zero attached hydrogens (tertiary/aromatic N) is 2. The van der Waals surface area contributed by atoms with Crippen molar-refractivity contribution >= 4 is 6.03 Å². The summed E-state index contributed by atoms with van der Waals surface area (Å²) in [5, 5.41) is 9.84. The Morgan fingerprint density at radius 3 is 2.96 bits per heavy atom. The van der Waals surface area contributed by atoms with E-state index in [1.54, 1.807) is 17.0 Å². The van der Waals surface area contributed by atoms with Crippen molar-refractivity contribution in [3.8, 4) is 5.75 Å². The highest BCUT2D eigenvalue weighted by atomic mass is 19.1. The van der Waals surface area contributed by atoms with E-state index in [-0.39, 0.29) is 17.9 Å². The summed E-state index contributed by atoms with van der Waals surface area (Å²) in [7, 11) is 0. The number of nitrogens with one attached hydrogen (secondary N) is 2. The number of rotatable bonds is 5. The Bertz CT molecular complexity index is 686. The minimum atomic E-state index is -0.294. The van der Waals surface area contributed by atoms with Gasteiger partial charge in [-0.3, -0.25) is 5.10 Å². The van der Waals surface area contributed by atoms with Gasteiger partial charge >= 0.3 is 6.03 Å². The number of amides is 2. The molecule has 7 heteroatoms. The number of aromatic amines is 1. The lowest BCUT2D eigenvalue weighted by Gasteiger charge is -2.25. The Morgan fingerprint density at radius 2 is 2.25 bits per heavy atom. The van der Waals surface area contributed by atoms with Crippen molar-refractivity contribution < 1.29 is 13.9 Å². The van der Waals surface area contributed by atoms with Crippen molar-refractivity contribution in [2.75, 3.05) is 13.2 Å². The number of ether oxygens (including phenoxy) is 1. The maximum atomic E-state index is 12.9. The summed E-state index contributed by atoms with van der Waals surface area (Å²) in [4.78, 5) is 14.2. The van der Waals surface area contributed by atoms with Gasteiger partial charge in [-0.25, -0.2) is 9.18 Å². The highest BCUT2D eigenvalue weighted by Crippen LogP contribution is 2.19. The Labute approximate surface area is 140 Å². The van der Waals surface area contributed by atoms with Crippen molar-refractivity contribution in [3.63, 3.8) is 0 Å². The van der Waals surface area contributed by atoms with E-state index >= 15 is 0 Å². The summed E-state index contributed by atoms with van der Waals surface area (Å²) >= 11 is 0. The fourth-order valence-corrected chi connectivity index (χ4v) is 2.83. The van der Waals surface area contributed by atoms with Crippen LogP contribution in [0.5, 0.6) is 5.75 Å². The first-order valence-corrected chi connectivity index (χ1v) is 8.05. The fourth-order valence-electron chi connectivity index (χ4n) is 2.83. The van der Waals surface area contributed by atoms with E-state index in [1.807, 2.05) is 13.0 Å². The predicted molar refractivity (Wildman–Crippen MR) is 87.2 cm³/mol. The second-order valence-corrected chi connectivity index (χ2v) is 5.96. The average Bonchev–Trinajstić information content (AvgIpc) is 3.21. The van der Waals surface area contributed by atoms with Gasteiger partial charge in [0, 0.05) is 12.2 Å². The number of hydrogen-bond acceptors (Lipinski definition) is 3. The Kier molecular flexibility index (Phi) is 4.98. The number of aryl methyl sites for hydroxylation is 1. The van der Waals surface area contributed by atoms with Crippen molar-refractivity contribution in [1.82, 2.24) is 20.4 Å². The molecular formula is C17H21FN4O2. The summed E-state index contributed by atoms with van der Waals surface area (Å²) in [6, 6.07) is 7.72. The predicted octanol–water partition coefficient (Wildman–Crippen LogP) is 2.61. The lowest BCUT2D eigenvalue weighted by atomic mass is 10.2. The summed E-state index contributed by atoms with van der Waals surface area (Å²) in [5.41, 5.74) is 1.77. The third kappa shape index (κ3) is 4.04. The number of urea groups is 1. The lowest BCUT2D eigenvalue weighted by Crippen LogP contribution is -2.44. The Balaban J connectivity index is 1.50. The van der Waals surface area contributed by atoms with Crippen LogP contribution in [0.15, 0.2) is 30.3 Å². The molecule has 1 saturated heterocycles. The van der Waals surface area contributed by atoms with Gasteiger partial charge in [-0.2, -0.15) is 5.10 Å². The molecule has 128 valence electrons. The molecule has 0 radical (unpaired) electrons. The average molecular weight is 332 g/mol. The molecule has 2 aromatic rings. The van der Waals surface area contributed by atoms with Crippen molar-refractivity contribution in [3.05, 3.63) is 47.5 Å². The zero-order valence-electron chi connectivity index (χ0n) is 13.6. The molecule has 1 aromatic carbocycles. The summed E-state index contributed by atoms with van der Waals surface area (Å²) in [6.45, 7) is 3.43. The standard InChI is InChI=1S/C17H21FN4O2/c1-12-9-14(21-20-12)10-19-17(23)22-8-2-3-15(22)11-24-16-6-4-13(18)5-7-16/h4-7,9,15H,2-3,8,10-11H2,1H3,(H,19,23)(H,20,21)/t15-/m0/s1. The summed E-state index contributed by atoms with van der Waals surface area (Å²) in [6.07, 6.45) is 1.85. The molecule has 1 aliphatic rings. The second-order valence-electron chi connectivity index (χ2n) is 5.96. The monoisotopic (exact) mass is 332 g/mol. The van der Waals surface area contributed by atoms with Crippen molar-refractivity contribution in [2.45, 2.75) is 32.4 Å². The number of H-pyrrole nitrogens is 1. The highest BCUT2D eigenvalue weighted by Gasteiger charge is 2.29. The van der Waals surface area contributed by atoms with Crippen LogP contribution in [0, 0.1) is 12.7 Å². The summed E-state index contributed by atoms with van der Waals surface area (Å²) in [5.74, 6) is 0.313. The van der Waals surface area contributed by atoms with Gasteiger partial charge in [0.15, 0.2) is 0 Å². The molecular weight excluding hydrogens is 311 g/mol. The number of halogens is 1. The lowest BCUT2D eigenvalue weighted by molar-refractivity contribution is 0.165. The van der Waals surface area contributed by atoms with Crippen LogP contribution in [-0.4, -0.2) is 40.3 Å². The molecule has 2 N–H and O–H groups in total. The Hall–Kier alpha value is -2.57. The minimum Gasteiger partial charge on any atom is -0.491 e. The molecule has 0 spiro atoms. The van der Waals surface area contributed by atoms with Gasteiger partial charge < -0.3 is 15.0 Å². The first-order valence-electron chi connectivity index (χ1n) is 8.05. The van der Waals surface area contributed by atoms with E-state index in [0.29, 0.717) is 25.4 Å². The molecule has 1 fully saturated rings. The third-order valence-electron chi connectivity index (χ3n) is 4.07. The first-order chi connectivity index (χ1) is 11.6. The minimum absolute atomic E-state index is 0.0240. The van der Waals surface area contributed by atoms with Crippen LogP contribution < -0.4 is 10.1 Å². The van der Waals surface area contributed by atoms with Gasteiger partial charge in [0.25, 0.3) is 0 Å². The van der Waals surface area contributed by atoms with Crippen LogP contribution >= 0.6 is 0 Å². The SMILES string of the molecule is Cc1cc(CNC(=O)N2CCC[C@H]2COc2ccc(F)cc2)n[nH]1. The number of aromatic nitrogens is 2. The van der Waals surface area contributed by atoms with Crippen LogP contribution in [0.4, 0.5) is 9.18 Å². The molecule has 1 aliphatic heterocycles. The molecule has 2 amide bonds. The summed E-state index contributed by atoms with van der Waals surface area (Å²) < 4.78 is 18.6. The second kappa shape index (κ2) is 7.33. The fraction of sp³-hybridized carbons (Fsp3) is 0.412. The van der Waals surface area contributed by atoms with E-state index < -0.39 is 0 Å².